The Morgan fingerprint density at radius 2 is 0.695 bits per heavy atom. The topological polar surface area (TPSA) is 3.24 Å². The van der Waals surface area contributed by atoms with Gasteiger partial charge >= 0.3 is 0 Å². The molecule has 0 spiro atoms. The highest BCUT2D eigenvalue weighted by Crippen LogP contribution is 2.40. The number of anilines is 3. The Hall–Kier alpha value is -7.74. The van der Waals surface area contributed by atoms with Crippen molar-refractivity contribution in [2.45, 2.75) is 0 Å². The Balaban J connectivity index is 1.23. The number of nitrogens with zero attached hydrogens (tertiary/aromatic N) is 1. The smallest absolute Gasteiger partial charge is 0.0645 e. The molecule has 0 radical (unpaired) electrons. The third-order valence-electron chi connectivity index (χ3n) is 9.94. The number of hydrogen-bond donors (Lipinski definition) is 0. The van der Waals surface area contributed by atoms with Crippen molar-refractivity contribution < 1.29 is 23.3 Å². The molecule has 0 fully saturated rings. The first-order chi connectivity index (χ1) is 36.3. The van der Waals surface area contributed by atoms with Crippen molar-refractivity contribution in [2.75, 3.05) is 4.90 Å². The van der Waals surface area contributed by atoms with E-state index >= 15 is 0 Å². The predicted molar refractivity (Wildman–Crippen MR) is 251 cm³/mol. The van der Waals surface area contributed by atoms with Gasteiger partial charge in [0.2, 0.25) is 0 Å². The second-order valence-corrected chi connectivity index (χ2v) is 13.6. The average Bonchev–Trinajstić information content (AvgIpc) is 3.44. The largest absolute Gasteiger partial charge is 0.310 e. The van der Waals surface area contributed by atoms with Crippen LogP contribution in [0.25, 0.3) is 77.5 Å². The Bertz CT molecular complexity index is 3850. The number of rotatable bonds is 9. The SMILES string of the molecule is [2H]c1c([2H])c([2H])c(-c2c([2H])c([2H])c(-c3c([2H])c([2H])c(N(c4cccc(-c5cccc6ccccc56)c4)c4c([2H])c([2H])c(-c5cc(-c6ccccc6)cc(-c6ccccc6)c5)c([2H])c4[2H])c([2H])c3[2H])c([2H])c2[2H])c([2H])c1[2H]. The summed E-state index contributed by atoms with van der Waals surface area (Å²) in [6.07, 6.45) is 0. The first kappa shape index (κ1) is 21.7. The van der Waals surface area contributed by atoms with E-state index in [9.17, 15) is 11.0 Å². The first-order valence-corrected chi connectivity index (χ1v) is 18.9. The molecule has 0 aliphatic heterocycles. The summed E-state index contributed by atoms with van der Waals surface area (Å²) < 4.78 is 155. The van der Waals surface area contributed by atoms with E-state index in [1.165, 1.54) is 0 Å². The van der Waals surface area contributed by atoms with Crippen molar-refractivity contribution in [3.63, 3.8) is 0 Å². The molecule has 1 nitrogen and oxygen atoms in total. The number of hydrogen-bond acceptors (Lipinski definition) is 1. The molecule has 10 aromatic carbocycles. The molecule has 10 aromatic rings. The second-order valence-electron chi connectivity index (χ2n) is 13.6. The van der Waals surface area contributed by atoms with Gasteiger partial charge in [-0.3, -0.25) is 0 Å². The van der Waals surface area contributed by atoms with Crippen molar-refractivity contribution in [1.29, 1.82) is 0 Å². The summed E-state index contributed by atoms with van der Waals surface area (Å²) in [5.74, 6) is 0. The summed E-state index contributed by atoms with van der Waals surface area (Å²) in [7, 11) is 0. The third-order valence-corrected chi connectivity index (χ3v) is 9.94. The summed E-state index contributed by atoms with van der Waals surface area (Å²) in [5.41, 5.74) is 1.54. The van der Waals surface area contributed by atoms with Gasteiger partial charge in [0.15, 0.2) is 0 Å². The quantitative estimate of drug-likeness (QED) is 0.141. The average molecular weight is 769 g/mol. The van der Waals surface area contributed by atoms with Crippen LogP contribution in [0.4, 0.5) is 17.1 Å². The van der Waals surface area contributed by atoms with E-state index in [1.807, 2.05) is 115 Å². The Morgan fingerprint density at radius 3 is 1.27 bits per heavy atom. The lowest BCUT2D eigenvalue weighted by Gasteiger charge is -2.26. The van der Waals surface area contributed by atoms with Gasteiger partial charge in [-0.05, 0) is 132 Å². The highest BCUT2D eigenvalue weighted by Gasteiger charge is 2.16. The van der Waals surface area contributed by atoms with Crippen molar-refractivity contribution in [1.82, 2.24) is 0 Å². The van der Waals surface area contributed by atoms with Crippen LogP contribution in [0, 0.1) is 0 Å². The molecule has 0 aliphatic carbocycles. The van der Waals surface area contributed by atoms with Gasteiger partial charge in [0.1, 0.15) is 0 Å². The van der Waals surface area contributed by atoms with Crippen LogP contribution >= 0.6 is 0 Å². The lowest BCUT2D eigenvalue weighted by Crippen LogP contribution is -2.10. The van der Waals surface area contributed by atoms with E-state index in [4.69, 9.17) is 12.3 Å². The molecular formula is C58H41N. The van der Waals surface area contributed by atoms with Crippen LogP contribution in [0.15, 0.2) is 248 Å². The van der Waals surface area contributed by atoms with Crippen molar-refractivity contribution in [3.8, 4) is 66.8 Å². The molecule has 0 heterocycles. The lowest BCUT2D eigenvalue weighted by atomic mass is 9.93. The van der Waals surface area contributed by atoms with E-state index in [0.29, 0.717) is 11.1 Å². The molecule has 0 saturated heterocycles. The van der Waals surface area contributed by atoms with Gasteiger partial charge in [0, 0.05) is 17.1 Å². The van der Waals surface area contributed by atoms with Crippen molar-refractivity contribution in [2.24, 2.45) is 0 Å². The predicted octanol–water partition coefficient (Wildman–Crippen LogP) is 16.3. The molecule has 0 bridgehead atoms. The van der Waals surface area contributed by atoms with Crippen LogP contribution in [0.2, 0.25) is 0 Å². The maximum Gasteiger partial charge on any atom is 0.0645 e. The van der Waals surface area contributed by atoms with Gasteiger partial charge in [-0.15, -0.1) is 0 Å². The molecule has 59 heavy (non-hydrogen) atoms. The van der Waals surface area contributed by atoms with E-state index in [1.54, 1.807) is 30.3 Å². The van der Waals surface area contributed by atoms with Gasteiger partial charge in [0.05, 0.1) is 23.3 Å². The van der Waals surface area contributed by atoms with Gasteiger partial charge in [-0.2, -0.15) is 0 Å². The van der Waals surface area contributed by atoms with Crippen LogP contribution in [0.1, 0.15) is 23.3 Å². The van der Waals surface area contributed by atoms with Crippen LogP contribution in [-0.4, -0.2) is 0 Å². The standard InChI is InChI=1S/C58H41N/c1-4-14-42(15-5-1)45-26-28-46(29-27-45)47-30-34-54(35-31-47)59(56-23-12-22-50(41-56)58-25-13-21-49-20-10-11-24-57(49)58)55-36-32-48(33-37-55)53-39-51(43-16-6-2-7-17-43)38-52(40-53)44-18-8-3-9-19-44/h1-41H/i1D,4D,5D,14D,15D,26D,27D,28D,29D,30D,31D,32D,33D,34D,35D,36D,37D. The van der Waals surface area contributed by atoms with E-state index in [-0.39, 0.29) is 11.3 Å². The van der Waals surface area contributed by atoms with Crippen LogP contribution in [0.5, 0.6) is 0 Å². The molecule has 0 aliphatic rings. The Morgan fingerprint density at radius 1 is 0.271 bits per heavy atom. The van der Waals surface area contributed by atoms with E-state index in [2.05, 4.69) is 0 Å². The molecule has 278 valence electrons. The first-order valence-electron chi connectivity index (χ1n) is 27.4. The molecule has 0 amide bonds. The van der Waals surface area contributed by atoms with Crippen LogP contribution in [0.3, 0.4) is 0 Å². The van der Waals surface area contributed by atoms with Crippen LogP contribution < -0.4 is 4.90 Å². The summed E-state index contributed by atoms with van der Waals surface area (Å²) in [6.45, 7) is 0. The minimum Gasteiger partial charge on any atom is -0.310 e. The van der Waals surface area contributed by atoms with E-state index in [0.717, 1.165) is 43.5 Å². The molecule has 1 heteroatoms. The van der Waals surface area contributed by atoms with Crippen LogP contribution in [-0.2, 0) is 0 Å². The summed E-state index contributed by atoms with van der Waals surface area (Å²) >= 11 is 0. The Labute approximate surface area is 370 Å². The van der Waals surface area contributed by atoms with Crippen molar-refractivity contribution in [3.05, 3.63) is 248 Å². The highest BCUT2D eigenvalue weighted by atomic mass is 15.1. The minimum atomic E-state index is -0.877. The molecule has 0 atom stereocenters. The molecule has 10 rings (SSSR count). The van der Waals surface area contributed by atoms with Gasteiger partial charge in [-0.25, -0.2) is 0 Å². The number of fused-ring (bicyclic) bond motifs is 1. The molecule has 0 unspecified atom stereocenters. The zero-order valence-corrected chi connectivity index (χ0v) is 31.3. The fourth-order valence-corrected chi connectivity index (χ4v) is 7.07. The Kier molecular flexibility index (Phi) is 5.89. The monoisotopic (exact) mass is 768 g/mol. The summed E-state index contributed by atoms with van der Waals surface area (Å²) in [4.78, 5) is 1.15. The zero-order chi connectivity index (χ0) is 54.2. The van der Waals surface area contributed by atoms with Gasteiger partial charge in [-0.1, -0.05) is 194 Å². The highest BCUT2D eigenvalue weighted by molar-refractivity contribution is 5.97. The number of benzene rings is 10. The maximum absolute atomic E-state index is 9.80. The molecule has 0 saturated carbocycles. The van der Waals surface area contributed by atoms with Gasteiger partial charge in [0.25, 0.3) is 0 Å². The maximum atomic E-state index is 9.80. The molecule has 0 aromatic heterocycles. The zero-order valence-electron chi connectivity index (χ0n) is 48.3. The minimum absolute atomic E-state index is 0.0384. The van der Waals surface area contributed by atoms with Gasteiger partial charge < -0.3 is 4.90 Å². The second kappa shape index (κ2) is 16.0. The van der Waals surface area contributed by atoms with Crippen molar-refractivity contribution >= 4 is 27.8 Å². The lowest BCUT2D eigenvalue weighted by molar-refractivity contribution is 1.28. The summed E-state index contributed by atoms with van der Waals surface area (Å²) in [5, 5.41) is 1.80. The van der Waals surface area contributed by atoms with E-state index < -0.39 is 136 Å². The molecule has 0 N–H and O–H groups in total. The molecular weight excluding hydrogens is 711 g/mol. The fraction of sp³-hybridized carbons (Fsp3) is 0. The third kappa shape index (κ3) is 7.46. The normalized spacial score (nSPS) is 15.1. The summed E-state index contributed by atoms with van der Waals surface area (Å²) in [6, 6.07) is 32.0. The fourth-order valence-electron chi connectivity index (χ4n) is 7.07.